The highest BCUT2D eigenvalue weighted by atomic mass is 32.2. The van der Waals surface area contributed by atoms with E-state index in [-0.39, 0.29) is 23.6 Å². The topological polar surface area (TPSA) is 132 Å². The molecule has 0 aliphatic carbocycles. The molecule has 1 aromatic heterocycles. The molecule has 4 amide bonds. The monoisotopic (exact) mass is 511 g/mol. The molecule has 11 nitrogen and oxygen atoms in total. The summed E-state index contributed by atoms with van der Waals surface area (Å²) in [4.78, 5) is 57.6. The van der Waals surface area contributed by atoms with E-state index in [0.29, 0.717) is 31.0 Å². The lowest BCUT2D eigenvalue weighted by atomic mass is 9.98. The summed E-state index contributed by atoms with van der Waals surface area (Å²) < 4.78 is -0.494. The first-order chi connectivity index (χ1) is 17.1. The lowest BCUT2D eigenvalue weighted by molar-refractivity contribution is -0.139. The van der Waals surface area contributed by atoms with Gasteiger partial charge in [0.25, 0.3) is 5.91 Å². The Kier molecular flexibility index (Phi) is 6.01. The van der Waals surface area contributed by atoms with Crippen LogP contribution < -0.4 is 15.1 Å². The average Bonchev–Trinajstić information content (AvgIpc) is 3.55. The molecule has 3 aliphatic rings. The maximum Gasteiger partial charge on any atom is 0.251 e. The molecule has 0 unspecified atom stereocenters. The zero-order chi connectivity index (χ0) is 25.8. The van der Waals surface area contributed by atoms with Gasteiger partial charge in [-0.1, -0.05) is 18.2 Å². The van der Waals surface area contributed by atoms with Gasteiger partial charge in [0.1, 0.15) is 18.1 Å². The van der Waals surface area contributed by atoms with Gasteiger partial charge in [0.05, 0.1) is 17.8 Å². The molecule has 3 aliphatic heterocycles. The molecule has 5 rings (SSSR count). The van der Waals surface area contributed by atoms with Crippen molar-refractivity contribution in [3.63, 3.8) is 0 Å². The molecule has 0 bridgehead atoms. The number of rotatable bonds is 4. The van der Waals surface area contributed by atoms with Gasteiger partial charge in [-0.2, -0.15) is 10.3 Å². The van der Waals surface area contributed by atoms with Crippen LogP contribution in [0, 0.1) is 0 Å². The van der Waals surface area contributed by atoms with E-state index in [4.69, 9.17) is 0 Å². The van der Waals surface area contributed by atoms with Gasteiger partial charge in [-0.15, -0.1) is 16.9 Å². The molecule has 0 saturated carbocycles. The maximum atomic E-state index is 13.9. The average molecular weight is 512 g/mol. The lowest BCUT2D eigenvalue weighted by Gasteiger charge is -2.33. The summed E-state index contributed by atoms with van der Waals surface area (Å²) in [5.41, 5.74) is 2.66. The summed E-state index contributed by atoms with van der Waals surface area (Å²) in [6.07, 6.45) is 2.80. The second kappa shape index (κ2) is 8.91. The highest BCUT2D eigenvalue weighted by Gasteiger charge is 2.49. The number of thioether (sulfide) groups is 1. The summed E-state index contributed by atoms with van der Waals surface area (Å²) in [5, 5.41) is 13.2. The number of carbonyl (C=O) groups is 4. The highest BCUT2D eigenvalue weighted by Crippen LogP contribution is 2.41. The molecule has 1 fully saturated rings. The lowest BCUT2D eigenvalue weighted by Crippen LogP contribution is -2.59. The van der Waals surface area contributed by atoms with Crippen LogP contribution in [0.15, 0.2) is 24.4 Å². The Bertz CT molecular complexity index is 1230. The molecule has 190 valence electrons. The van der Waals surface area contributed by atoms with E-state index in [2.05, 4.69) is 20.7 Å². The fourth-order valence-electron chi connectivity index (χ4n) is 5.40. The van der Waals surface area contributed by atoms with Crippen LogP contribution in [0.2, 0.25) is 0 Å². The minimum atomic E-state index is -0.821. The van der Waals surface area contributed by atoms with Gasteiger partial charge in [0, 0.05) is 25.1 Å². The summed E-state index contributed by atoms with van der Waals surface area (Å²) in [5.74, 6) is -0.372. The highest BCUT2D eigenvalue weighted by molar-refractivity contribution is 8.00. The number of aryl methyl sites for hydroxylation is 1. The first-order valence-corrected chi connectivity index (χ1v) is 12.9. The molecule has 12 heteroatoms. The number of aromatic nitrogens is 3. The van der Waals surface area contributed by atoms with Crippen LogP contribution in [0.25, 0.3) is 0 Å². The Labute approximate surface area is 212 Å². The third kappa shape index (κ3) is 3.93. The Morgan fingerprint density at radius 3 is 2.69 bits per heavy atom. The molecule has 4 heterocycles. The van der Waals surface area contributed by atoms with E-state index in [1.165, 1.54) is 29.8 Å². The van der Waals surface area contributed by atoms with Crippen LogP contribution in [0.1, 0.15) is 38.3 Å². The molecular formula is C24H29N7O4S. The molecule has 1 saturated heterocycles. The third-order valence-corrected chi connectivity index (χ3v) is 8.66. The minimum Gasteiger partial charge on any atom is -0.342 e. The first-order valence-electron chi connectivity index (χ1n) is 11.9. The van der Waals surface area contributed by atoms with Crippen molar-refractivity contribution in [2.24, 2.45) is 0 Å². The standard InChI is InChI=1S/C24H29N7O4S/c1-13(32)30-12-36-24(2,3)20(30)21(33)26-16-9-8-14-6-5-7-15-10-17(31(19(14)15)22(16)34)23(35)29(4)18-11-25-28-27-18/h5-7,11,16-17,20H,8-10,12H2,1-4H3,(H,26,33)(H,25,27,28)/t16-,17-,20+/m0/s1. The van der Waals surface area contributed by atoms with E-state index in [0.717, 1.165) is 16.8 Å². The van der Waals surface area contributed by atoms with Crippen molar-refractivity contribution in [2.75, 3.05) is 22.7 Å². The number of nitrogens with zero attached hydrogens (tertiary/aromatic N) is 5. The number of anilines is 2. The zero-order valence-electron chi connectivity index (χ0n) is 20.6. The Morgan fingerprint density at radius 1 is 1.25 bits per heavy atom. The zero-order valence-corrected chi connectivity index (χ0v) is 21.5. The van der Waals surface area contributed by atoms with Crippen molar-refractivity contribution in [3.05, 3.63) is 35.5 Å². The number of aromatic amines is 1. The smallest absolute Gasteiger partial charge is 0.251 e. The molecule has 0 spiro atoms. The van der Waals surface area contributed by atoms with Crippen molar-refractivity contribution in [2.45, 2.75) is 62.9 Å². The van der Waals surface area contributed by atoms with E-state index < -0.39 is 22.9 Å². The van der Waals surface area contributed by atoms with Crippen LogP contribution in [0.4, 0.5) is 11.5 Å². The van der Waals surface area contributed by atoms with E-state index in [9.17, 15) is 19.2 Å². The maximum absolute atomic E-state index is 13.9. The Morgan fingerprint density at radius 2 is 2.00 bits per heavy atom. The molecule has 1 aromatic carbocycles. The molecule has 0 radical (unpaired) electrons. The van der Waals surface area contributed by atoms with Crippen molar-refractivity contribution in [3.8, 4) is 0 Å². The molecule has 2 N–H and O–H groups in total. The number of benzene rings is 1. The van der Waals surface area contributed by atoms with Gasteiger partial charge >= 0.3 is 0 Å². The van der Waals surface area contributed by atoms with E-state index >= 15 is 0 Å². The van der Waals surface area contributed by atoms with Crippen molar-refractivity contribution in [1.29, 1.82) is 0 Å². The van der Waals surface area contributed by atoms with Crippen LogP contribution >= 0.6 is 11.8 Å². The number of likely N-dealkylation sites (N-methyl/N-ethyl adjacent to an activating group) is 1. The number of para-hydroxylation sites is 1. The SMILES string of the molecule is CC(=O)N1CSC(C)(C)[C@H]1C(=O)N[C@H]1CCc2cccc3c2N(C1=O)[C@H](C(=O)N(C)c1cn[nH]n1)C3. The van der Waals surface area contributed by atoms with E-state index in [1.807, 2.05) is 32.0 Å². The van der Waals surface area contributed by atoms with E-state index in [1.54, 1.807) is 16.8 Å². The normalized spacial score (nSPS) is 24.3. The quantitative estimate of drug-likeness (QED) is 0.622. The first kappa shape index (κ1) is 24.3. The predicted octanol–water partition coefficient (Wildman–Crippen LogP) is 0.856. The Hall–Kier alpha value is -3.41. The summed E-state index contributed by atoms with van der Waals surface area (Å²) in [6.45, 7) is 5.30. The largest absolute Gasteiger partial charge is 0.342 e. The predicted molar refractivity (Wildman–Crippen MR) is 134 cm³/mol. The molecule has 2 aromatic rings. The van der Waals surface area contributed by atoms with Crippen molar-refractivity contribution in [1.82, 2.24) is 25.6 Å². The third-order valence-electron chi connectivity index (χ3n) is 7.28. The van der Waals surface area contributed by atoms with Gasteiger partial charge in [-0.3, -0.25) is 29.0 Å². The molecule has 3 atom stereocenters. The van der Waals surface area contributed by atoms with Crippen LogP contribution in [0.5, 0.6) is 0 Å². The second-order valence-electron chi connectivity index (χ2n) is 9.95. The molecular weight excluding hydrogens is 482 g/mol. The van der Waals surface area contributed by atoms with Gasteiger partial charge in [0.15, 0.2) is 5.82 Å². The van der Waals surface area contributed by atoms with Crippen LogP contribution in [-0.2, 0) is 32.0 Å². The summed E-state index contributed by atoms with van der Waals surface area (Å²) >= 11 is 1.53. The molecule has 36 heavy (non-hydrogen) atoms. The minimum absolute atomic E-state index is 0.182. The summed E-state index contributed by atoms with van der Waals surface area (Å²) in [7, 11) is 1.60. The van der Waals surface area contributed by atoms with Crippen molar-refractivity contribution >= 4 is 46.9 Å². The number of nitrogens with one attached hydrogen (secondary N) is 2. The number of hydrogen-bond donors (Lipinski definition) is 2. The fourth-order valence-corrected chi connectivity index (χ4v) is 6.60. The van der Waals surface area contributed by atoms with Gasteiger partial charge in [-0.25, -0.2) is 0 Å². The van der Waals surface area contributed by atoms with Crippen LogP contribution in [0.3, 0.4) is 0 Å². The van der Waals surface area contributed by atoms with Gasteiger partial charge in [-0.05, 0) is 37.8 Å². The van der Waals surface area contributed by atoms with Gasteiger partial charge < -0.3 is 10.2 Å². The second-order valence-corrected chi connectivity index (χ2v) is 11.5. The number of H-pyrrole nitrogens is 1. The number of hydrogen-bond acceptors (Lipinski definition) is 7. The number of carbonyl (C=O) groups excluding carboxylic acids is 4. The summed E-state index contributed by atoms with van der Waals surface area (Å²) in [6, 6.07) is 3.56. The van der Waals surface area contributed by atoms with Crippen LogP contribution in [-0.4, -0.2) is 79.7 Å². The Balaban J connectivity index is 1.44. The van der Waals surface area contributed by atoms with Crippen molar-refractivity contribution < 1.29 is 19.2 Å². The number of amides is 4. The van der Waals surface area contributed by atoms with Gasteiger partial charge in [0.2, 0.25) is 17.7 Å². The fraction of sp³-hybridized carbons (Fsp3) is 0.500.